The number of hydrogen-bond acceptors (Lipinski definition) is 4. The van der Waals surface area contributed by atoms with Crippen LogP contribution in [0.5, 0.6) is 17.2 Å². The molecule has 0 saturated heterocycles. The molecule has 0 saturated carbocycles. The van der Waals surface area contributed by atoms with Crippen molar-refractivity contribution in [1.82, 2.24) is 5.32 Å². The Morgan fingerprint density at radius 2 is 1.83 bits per heavy atom. The summed E-state index contributed by atoms with van der Waals surface area (Å²) in [5.74, 6) is 1.43. The van der Waals surface area contributed by atoms with Crippen molar-refractivity contribution in [2.45, 2.75) is 25.8 Å². The van der Waals surface area contributed by atoms with E-state index >= 15 is 0 Å². The average molecular weight is 329 g/mol. The fraction of sp³-hybridized carbons (Fsp3) is 0.316. The van der Waals surface area contributed by atoms with E-state index in [2.05, 4.69) is 5.32 Å². The van der Waals surface area contributed by atoms with Gasteiger partial charge in [0, 0.05) is 6.42 Å². The summed E-state index contributed by atoms with van der Waals surface area (Å²) in [6.07, 6.45) is 0.812. The molecule has 1 amide bonds. The molecule has 0 aromatic heterocycles. The average Bonchev–Trinajstić information content (AvgIpc) is 2.60. The van der Waals surface area contributed by atoms with Gasteiger partial charge in [0.15, 0.2) is 11.5 Å². The van der Waals surface area contributed by atoms with Crippen LogP contribution < -0.4 is 14.8 Å². The molecule has 2 aromatic rings. The van der Waals surface area contributed by atoms with Gasteiger partial charge in [-0.25, -0.2) is 0 Å². The molecule has 0 fully saturated rings. The number of benzene rings is 2. The van der Waals surface area contributed by atoms with E-state index in [9.17, 15) is 9.90 Å². The third kappa shape index (κ3) is 4.41. The highest BCUT2D eigenvalue weighted by molar-refractivity contribution is 5.76. The van der Waals surface area contributed by atoms with Crippen molar-refractivity contribution in [1.29, 1.82) is 0 Å². The maximum absolute atomic E-state index is 12.1. The maximum atomic E-state index is 12.1. The van der Waals surface area contributed by atoms with E-state index in [1.54, 1.807) is 26.4 Å². The summed E-state index contributed by atoms with van der Waals surface area (Å²) in [7, 11) is 3.17. The van der Waals surface area contributed by atoms with Crippen molar-refractivity contribution < 1.29 is 19.4 Å². The second-order valence-corrected chi connectivity index (χ2v) is 5.53. The molecule has 0 aliphatic carbocycles. The van der Waals surface area contributed by atoms with Crippen molar-refractivity contribution in [2.75, 3.05) is 14.2 Å². The molecule has 0 heterocycles. The van der Waals surface area contributed by atoms with Crippen molar-refractivity contribution in [3.63, 3.8) is 0 Å². The first kappa shape index (κ1) is 17.7. The van der Waals surface area contributed by atoms with E-state index in [1.807, 2.05) is 37.3 Å². The molecule has 128 valence electrons. The molecule has 2 N–H and O–H groups in total. The van der Waals surface area contributed by atoms with E-state index in [1.165, 1.54) is 0 Å². The summed E-state index contributed by atoms with van der Waals surface area (Å²) in [4.78, 5) is 12.1. The second kappa shape index (κ2) is 8.24. The van der Waals surface area contributed by atoms with Crippen LogP contribution in [0.1, 0.15) is 30.5 Å². The number of aryl methyl sites for hydroxylation is 1. The number of ether oxygens (including phenoxy) is 2. The summed E-state index contributed by atoms with van der Waals surface area (Å²) in [6.45, 7) is 1.92. The summed E-state index contributed by atoms with van der Waals surface area (Å²) in [5, 5.41) is 12.7. The number of aromatic hydroxyl groups is 1. The minimum atomic E-state index is -0.151. The molecule has 1 atom stereocenters. The lowest BCUT2D eigenvalue weighted by atomic mass is 10.1. The van der Waals surface area contributed by atoms with E-state index in [4.69, 9.17) is 9.47 Å². The predicted molar refractivity (Wildman–Crippen MR) is 92.5 cm³/mol. The van der Waals surface area contributed by atoms with Gasteiger partial charge in [-0.2, -0.15) is 0 Å². The molecule has 2 rings (SSSR count). The molecule has 5 heteroatoms. The Kier molecular flexibility index (Phi) is 6.07. The second-order valence-electron chi connectivity index (χ2n) is 5.53. The number of rotatable bonds is 7. The van der Waals surface area contributed by atoms with Crippen molar-refractivity contribution >= 4 is 5.91 Å². The normalized spacial score (nSPS) is 11.6. The lowest BCUT2D eigenvalue weighted by Gasteiger charge is -2.16. The van der Waals surface area contributed by atoms with Crippen LogP contribution in [0.2, 0.25) is 0 Å². The number of phenolic OH excluding ortho intramolecular Hbond substituents is 1. The predicted octanol–water partition coefficient (Wildman–Crippen LogP) is 3.22. The summed E-state index contributed by atoms with van der Waals surface area (Å²) in [6, 6.07) is 12.5. The molecule has 24 heavy (non-hydrogen) atoms. The monoisotopic (exact) mass is 329 g/mol. The highest BCUT2D eigenvalue weighted by Crippen LogP contribution is 2.29. The van der Waals surface area contributed by atoms with E-state index < -0.39 is 0 Å². The zero-order valence-electron chi connectivity index (χ0n) is 14.2. The first-order valence-electron chi connectivity index (χ1n) is 7.83. The molecule has 0 aliphatic heterocycles. The summed E-state index contributed by atoms with van der Waals surface area (Å²) in [5.41, 5.74) is 1.70. The van der Waals surface area contributed by atoms with Gasteiger partial charge >= 0.3 is 0 Å². The SMILES string of the molecule is COc1ccc(C(C)NC(=O)CCc2ccccc2O)cc1OC. The Labute approximate surface area is 142 Å². The van der Waals surface area contributed by atoms with Crippen molar-refractivity contribution in [2.24, 2.45) is 0 Å². The third-order valence-electron chi connectivity index (χ3n) is 3.90. The molecular formula is C19H23NO4. The molecule has 0 radical (unpaired) electrons. The number of carbonyl (C=O) groups excluding carboxylic acids is 1. The van der Waals surface area contributed by atoms with Gasteiger partial charge in [0.25, 0.3) is 0 Å². The Morgan fingerprint density at radius 3 is 2.50 bits per heavy atom. The lowest BCUT2D eigenvalue weighted by Crippen LogP contribution is -2.26. The number of carbonyl (C=O) groups is 1. The molecule has 0 aliphatic rings. The molecule has 2 aromatic carbocycles. The van der Waals surface area contributed by atoms with Gasteiger partial charge in [-0.3, -0.25) is 4.79 Å². The minimum absolute atomic E-state index is 0.0689. The fourth-order valence-electron chi connectivity index (χ4n) is 2.49. The molecule has 5 nitrogen and oxygen atoms in total. The minimum Gasteiger partial charge on any atom is -0.508 e. The van der Waals surface area contributed by atoms with Gasteiger partial charge < -0.3 is 19.9 Å². The van der Waals surface area contributed by atoms with Gasteiger partial charge in [-0.15, -0.1) is 0 Å². The Morgan fingerprint density at radius 1 is 1.12 bits per heavy atom. The Balaban J connectivity index is 1.95. The van der Waals surface area contributed by atoms with Crippen molar-refractivity contribution in [3.8, 4) is 17.2 Å². The van der Waals surface area contributed by atoms with Gasteiger partial charge in [-0.1, -0.05) is 24.3 Å². The number of phenols is 1. The maximum Gasteiger partial charge on any atom is 0.220 e. The van der Waals surface area contributed by atoms with Crippen molar-refractivity contribution in [3.05, 3.63) is 53.6 Å². The van der Waals surface area contributed by atoms with Gasteiger partial charge in [0.2, 0.25) is 5.91 Å². The van der Waals surface area contributed by atoms with E-state index in [0.29, 0.717) is 24.3 Å². The standard InChI is InChI=1S/C19H23NO4/c1-13(15-8-10-17(23-2)18(12-15)24-3)20-19(22)11-9-14-6-4-5-7-16(14)21/h4-8,10,12-13,21H,9,11H2,1-3H3,(H,20,22). The molecule has 1 unspecified atom stereocenters. The highest BCUT2D eigenvalue weighted by Gasteiger charge is 2.13. The molecule has 0 spiro atoms. The number of para-hydroxylation sites is 1. The van der Waals surface area contributed by atoms with Crippen LogP contribution >= 0.6 is 0 Å². The van der Waals surface area contributed by atoms with Crippen LogP contribution in [0.15, 0.2) is 42.5 Å². The highest BCUT2D eigenvalue weighted by atomic mass is 16.5. The lowest BCUT2D eigenvalue weighted by molar-refractivity contribution is -0.121. The topological polar surface area (TPSA) is 67.8 Å². The van der Waals surface area contributed by atoms with Gasteiger partial charge in [0.05, 0.1) is 20.3 Å². The first-order chi connectivity index (χ1) is 11.5. The smallest absolute Gasteiger partial charge is 0.220 e. The van der Waals surface area contributed by atoms with E-state index in [0.717, 1.165) is 11.1 Å². The largest absolute Gasteiger partial charge is 0.508 e. The quantitative estimate of drug-likeness (QED) is 0.818. The van der Waals surface area contributed by atoms with Crippen LogP contribution in [0.3, 0.4) is 0 Å². The van der Waals surface area contributed by atoms with E-state index in [-0.39, 0.29) is 17.7 Å². The fourth-order valence-corrected chi connectivity index (χ4v) is 2.49. The summed E-state index contributed by atoms with van der Waals surface area (Å²) < 4.78 is 10.5. The van der Waals surface area contributed by atoms with Gasteiger partial charge in [-0.05, 0) is 42.7 Å². The first-order valence-corrected chi connectivity index (χ1v) is 7.83. The van der Waals surface area contributed by atoms with Gasteiger partial charge in [0.1, 0.15) is 5.75 Å². The molecular weight excluding hydrogens is 306 g/mol. The van der Waals surface area contributed by atoms with Crippen LogP contribution in [-0.2, 0) is 11.2 Å². The van der Waals surface area contributed by atoms with Crippen LogP contribution in [0, 0.1) is 0 Å². The van der Waals surface area contributed by atoms with Crippen LogP contribution in [-0.4, -0.2) is 25.2 Å². The number of nitrogens with one attached hydrogen (secondary N) is 1. The van der Waals surface area contributed by atoms with Crippen LogP contribution in [0.4, 0.5) is 0 Å². The van der Waals surface area contributed by atoms with Crippen LogP contribution in [0.25, 0.3) is 0 Å². The Hall–Kier alpha value is -2.69. The number of amides is 1. The number of hydrogen-bond donors (Lipinski definition) is 2. The third-order valence-corrected chi connectivity index (χ3v) is 3.90. The number of methoxy groups -OCH3 is 2. The Bertz CT molecular complexity index is 700. The zero-order valence-corrected chi connectivity index (χ0v) is 14.2. The summed E-state index contributed by atoms with van der Waals surface area (Å²) >= 11 is 0. The zero-order chi connectivity index (χ0) is 17.5. The molecule has 0 bridgehead atoms.